The van der Waals surface area contributed by atoms with Gasteiger partial charge in [-0.05, 0) is 51.1 Å². The van der Waals surface area contributed by atoms with Crippen LogP contribution in [-0.2, 0) is 0 Å². The van der Waals surface area contributed by atoms with Crippen LogP contribution in [0.3, 0.4) is 0 Å². The Hall–Kier alpha value is -0.120. The topological polar surface area (TPSA) is 27.3 Å². The Balaban J connectivity index is 1.57. The van der Waals surface area contributed by atoms with E-state index in [1.54, 1.807) is 0 Å². The molecule has 2 rings (SSSR count). The zero-order chi connectivity index (χ0) is 11.9. The van der Waals surface area contributed by atoms with Gasteiger partial charge in [-0.1, -0.05) is 6.92 Å². The molecule has 2 fully saturated rings. The fraction of sp³-hybridized carbons (Fsp3) is 1.00. The van der Waals surface area contributed by atoms with Crippen LogP contribution in [0.2, 0.25) is 0 Å². The van der Waals surface area contributed by atoms with Gasteiger partial charge in [0.15, 0.2) is 0 Å². The van der Waals surface area contributed by atoms with E-state index in [1.165, 1.54) is 71.4 Å². The Morgan fingerprint density at radius 2 is 2.00 bits per heavy atom. The fourth-order valence-electron chi connectivity index (χ4n) is 3.21. The average molecular weight is 239 g/mol. The molecule has 0 spiro atoms. The van der Waals surface area contributed by atoms with E-state index in [0.717, 1.165) is 12.0 Å². The van der Waals surface area contributed by atoms with Gasteiger partial charge in [0.2, 0.25) is 0 Å². The second kappa shape index (κ2) is 7.34. The van der Waals surface area contributed by atoms with Crippen molar-refractivity contribution in [2.24, 2.45) is 5.92 Å². The zero-order valence-electron chi connectivity index (χ0n) is 11.4. The van der Waals surface area contributed by atoms with E-state index in [1.807, 2.05) is 0 Å². The molecule has 0 aromatic carbocycles. The maximum atomic E-state index is 3.62. The van der Waals surface area contributed by atoms with E-state index in [0.29, 0.717) is 0 Å². The maximum Gasteiger partial charge on any atom is 0.0107 e. The molecule has 2 aliphatic heterocycles. The van der Waals surface area contributed by atoms with E-state index in [4.69, 9.17) is 0 Å². The predicted molar refractivity (Wildman–Crippen MR) is 73.3 cm³/mol. The molecule has 2 N–H and O–H groups in total. The molecule has 0 bridgehead atoms. The van der Waals surface area contributed by atoms with Gasteiger partial charge >= 0.3 is 0 Å². The minimum Gasteiger partial charge on any atom is -0.314 e. The quantitative estimate of drug-likeness (QED) is 0.760. The highest BCUT2D eigenvalue weighted by Crippen LogP contribution is 2.22. The van der Waals surface area contributed by atoms with Crippen molar-refractivity contribution < 1.29 is 0 Å². The van der Waals surface area contributed by atoms with Crippen LogP contribution in [0.15, 0.2) is 0 Å². The monoisotopic (exact) mass is 239 g/mol. The minimum absolute atomic E-state index is 0.799. The normalized spacial score (nSPS) is 31.6. The summed E-state index contributed by atoms with van der Waals surface area (Å²) in [6.07, 6.45) is 6.97. The van der Waals surface area contributed by atoms with E-state index >= 15 is 0 Å². The first-order valence-electron chi connectivity index (χ1n) is 7.55. The molecule has 2 aliphatic rings. The Bertz CT molecular complexity index is 202. The van der Waals surface area contributed by atoms with Crippen LogP contribution >= 0.6 is 0 Å². The van der Waals surface area contributed by atoms with Crippen molar-refractivity contribution in [3.63, 3.8) is 0 Å². The molecule has 2 heterocycles. The molecule has 100 valence electrons. The van der Waals surface area contributed by atoms with Crippen molar-refractivity contribution in [2.75, 3.05) is 39.3 Å². The van der Waals surface area contributed by atoms with Gasteiger partial charge < -0.3 is 15.5 Å². The molecule has 2 atom stereocenters. The lowest BCUT2D eigenvalue weighted by Crippen LogP contribution is -2.44. The number of hydrogen-bond acceptors (Lipinski definition) is 3. The van der Waals surface area contributed by atoms with Crippen molar-refractivity contribution >= 4 is 0 Å². The first-order valence-corrected chi connectivity index (χ1v) is 7.55. The largest absolute Gasteiger partial charge is 0.314 e. The number of piperidine rings is 1. The summed E-state index contributed by atoms with van der Waals surface area (Å²) in [5.74, 6) is 0.990. The van der Waals surface area contributed by atoms with Crippen molar-refractivity contribution in [1.29, 1.82) is 0 Å². The van der Waals surface area contributed by atoms with Crippen LogP contribution in [0, 0.1) is 5.92 Å². The Morgan fingerprint density at radius 3 is 2.76 bits per heavy atom. The van der Waals surface area contributed by atoms with Crippen molar-refractivity contribution in [3.8, 4) is 0 Å². The van der Waals surface area contributed by atoms with Crippen molar-refractivity contribution in [2.45, 2.75) is 45.1 Å². The molecular weight excluding hydrogens is 210 g/mol. The highest BCUT2D eigenvalue weighted by Gasteiger charge is 2.20. The summed E-state index contributed by atoms with van der Waals surface area (Å²) in [6.45, 7) is 9.75. The molecule has 0 aliphatic carbocycles. The molecule has 17 heavy (non-hydrogen) atoms. The van der Waals surface area contributed by atoms with Crippen LogP contribution in [0.5, 0.6) is 0 Å². The average Bonchev–Trinajstić information content (AvgIpc) is 2.40. The van der Waals surface area contributed by atoms with Crippen molar-refractivity contribution in [1.82, 2.24) is 15.5 Å². The van der Waals surface area contributed by atoms with E-state index in [9.17, 15) is 0 Å². The molecule has 0 aromatic rings. The number of rotatable bonds is 5. The number of nitrogens with one attached hydrogen (secondary N) is 2. The van der Waals surface area contributed by atoms with Gasteiger partial charge in [-0.2, -0.15) is 0 Å². The van der Waals surface area contributed by atoms with Gasteiger partial charge in [0.1, 0.15) is 0 Å². The summed E-state index contributed by atoms with van der Waals surface area (Å²) in [5.41, 5.74) is 0. The Morgan fingerprint density at radius 1 is 1.18 bits per heavy atom. The zero-order valence-corrected chi connectivity index (χ0v) is 11.4. The lowest BCUT2D eigenvalue weighted by Gasteiger charge is -2.31. The summed E-state index contributed by atoms with van der Waals surface area (Å²) >= 11 is 0. The van der Waals surface area contributed by atoms with Crippen LogP contribution in [0.4, 0.5) is 0 Å². The minimum atomic E-state index is 0.799. The lowest BCUT2D eigenvalue weighted by molar-refractivity contribution is 0.218. The van der Waals surface area contributed by atoms with Gasteiger partial charge in [-0.15, -0.1) is 0 Å². The first-order chi connectivity index (χ1) is 8.38. The predicted octanol–water partition coefficient (Wildman–Crippen LogP) is 1.45. The van der Waals surface area contributed by atoms with Crippen LogP contribution in [0.25, 0.3) is 0 Å². The Labute approximate surface area is 106 Å². The van der Waals surface area contributed by atoms with Gasteiger partial charge in [-0.3, -0.25) is 0 Å². The molecule has 3 nitrogen and oxygen atoms in total. The molecule has 0 radical (unpaired) electrons. The SMILES string of the molecule is CCC1CC(CCCN2CCNCC2)CCN1. The summed E-state index contributed by atoms with van der Waals surface area (Å²) < 4.78 is 0. The summed E-state index contributed by atoms with van der Waals surface area (Å²) in [5, 5.41) is 7.04. The lowest BCUT2D eigenvalue weighted by atomic mass is 9.88. The first kappa shape index (κ1) is 13.3. The van der Waals surface area contributed by atoms with Crippen LogP contribution in [0.1, 0.15) is 39.0 Å². The molecular formula is C14H29N3. The summed E-state index contributed by atoms with van der Waals surface area (Å²) in [6, 6.07) is 0.799. The van der Waals surface area contributed by atoms with E-state index in [2.05, 4.69) is 22.5 Å². The van der Waals surface area contributed by atoms with Gasteiger partial charge in [0.05, 0.1) is 0 Å². The van der Waals surface area contributed by atoms with Gasteiger partial charge in [0.25, 0.3) is 0 Å². The third-order valence-corrected chi connectivity index (χ3v) is 4.39. The van der Waals surface area contributed by atoms with Crippen LogP contribution < -0.4 is 10.6 Å². The van der Waals surface area contributed by atoms with Crippen LogP contribution in [-0.4, -0.2) is 50.2 Å². The highest BCUT2D eigenvalue weighted by molar-refractivity contribution is 4.77. The van der Waals surface area contributed by atoms with Crippen molar-refractivity contribution in [3.05, 3.63) is 0 Å². The molecule has 0 amide bonds. The standard InChI is InChI=1S/C14H29N3/c1-2-14-12-13(5-6-16-14)4-3-9-17-10-7-15-8-11-17/h13-16H,2-12H2,1H3. The smallest absolute Gasteiger partial charge is 0.0107 e. The summed E-state index contributed by atoms with van der Waals surface area (Å²) in [7, 11) is 0. The number of hydrogen-bond donors (Lipinski definition) is 2. The molecule has 2 saturated heterocycles. The van der Waals surface area contributed by atoms with E-state index < -0.39 is 0 Å². The molecule has 0 aromatic heterocycles. The second-order valence-corrected chi connectivity index (χ2v) is 5.68. The molecule has 2 unspecified atom stereocenters. The third kappa shape index (κ3) is 4.57. The molecule has 0 saturated carbocycles. The Kier molecular flexibility index (Phi) is 5.75. The highest BCUT2D eigenvalue weighted by atomic mass is 15.2. The fourth-order valence-corrected chi connectivity index (χ4v) is 3.21. The van der Waals surface area contributed by atoms with E-state index in [-0.39, 0.29) is 0 Å². The molecule has 3 heteroatoms. The van der Waals surface area contributed by atoms with Gasteiger partial charge in [-0.25, -0.2) is 0 Å². The van der Waals surface area contributed by atoms with Gasteiger partial charge in [0, 0.05) is 32.2 Å². The second-order valence-electron chi connectivity index (χ2n) is 5.68. The number of piperazine rings is 1. The third-order valence-electron chi connectivity index (χ3n) is 4.39. The number of nitrogens with zero attached hydrogens (tertiary/aromatic N) is 1. The maximum absolute atomic E-state index is 3.62. The summed E-state index contributed by atoms with van der Waals surface area (Å²) in [4.78, 5) is 2.62.